The molecule has 2 aromatic carbocycles. The van der Waals surface area contributed by atoms with Crippen molar-refractivity contribution in [1.29, 1.82) is 0 Å². The van der Waals surface area contributed by atoms with E-state index in [0.29, 0.717) is 29.3 Å². The van der Waals surface area contributed by atoms with E-state index in [1.54, 1.807) is 18.2 Å². The maximum absolute atomic E-state index is 12.1. The number of hydrogen-bond donors (Lipinski definition) is 3. The van der Waals surface area contributed by atoms with Crippen LogP contribution < -0.4 is 21.3 Å². The summed E-state index contributed by atoms with van der Waals surface area (Å²) in [5, 5.41) is 18.3. The van der Waals surface area contributed by atoms with E-state index >= 15 is 0 Å². The number of halogens is 2. The zero-order valence-corrected chi connectivity index (χ0v) is 21.8. The lowest BCUT2D eigenvalue weighted by atomic mass is 9.69. The molecule has 0 amide bonds. The van der Waals surface area contributed by atoms with Crippen LogP contribution in [0.3, 0.4) is 0 Å². The van der Waals surface area contributed by atoms with Crippen LogP contribution in [-0.4, -0.2) is 25.9 Å². The molecular formula is C26H28Cl2N4O4. The van der Waals surface area contributed by atoms with Crippen LogP contribution in [0.25, 0.3) is 5.69 Å². The Morgan fingerprint density at radius 3 is 2.53 bits per heavy atom. The van der Waals surface area contributed by atoms with Crippen LogP contribution >= 0.6 is 23.2 Å². The molecule has 0 radical (unpaired) electrons. The second-order valence-electron chi connectivity index (χ2n) is 10.5. The molecule has 2 aliphatic rings. The van der Waals surface area contributed by atoms with Crippen LogP contribution in [-0.2, 0) is 6.54 Å². The Morgan fingerprint density at radius 2 is 1.92 bits per heavy atom. The van der Waals surface area contributed by atoms with Gasteiger partial charge < -0.3 is 15.2 Å². The first-order valence-corrected chi connectivity index (χ1v) is 12.7. The number of hydrogen-bond acceptors (Lipinski definition) is 6. The van der Waals surface area contributed by atoms with E-state index in [4.69, 9.17) is 27.9 Å². The summed E-state index contributed by atoms with van der Waals surface area (Å²) in [7, 11) is 0. The normalized spacial score (nSPS) is 24.2. The molecular weight excluding hydrogens is 503 g/mol. The van der Waals surface area contributed by atoms with Crippen LogP contribution in [0, 0.1) is 16.7 Å². The summed E-state index contributed by atoms with van der Waals surface area (Å²) in [4.78, 5) is 25.5. The summed E-state index contributed by atoms with van der Waals surface area (Å²) in [5.41, 5.74) is 0.191. The second-order valence-corrected chi connectivity index (χ2v) is 11.3. The van der Waals surface area contributed by atoms with Gasteiger partial charge in [-0.1, -0.05) is 44.0 Å². The molecule has 2 aliphatic carbocycles. The largest absolute Gasteiger partial charge is 0.508 e. The molecule has 36 heavy (non-hydrogen) atoms. The first-order chi connectivity index (χ1) is 17.0. The van der Waals surface area contributed by atoms with Gasteiger partial charge in [0.1, 0.15) is 17.7 Å². The lowest BCUT2D eigenvalue weighted by molar-refractivity contribution is 0.120. The number of ether oxygens (including phenoxy) is 1. The zero-order valence-electron chi connectivity index (χ0n) is 20.3. The minimum atomic E-state index is -0.716. The number of fused-ring (bicyclic) bond motifs is 2. The standard InChI is InChI=1S/C26H28Cl2N4O4/c1-25(2)15-6-7-26(25,3)21(9-15)29-12-14-8-17(4-5-20(14)33)36-23-18(27)10-16(11-19(23)28)32-24(35)31-22(34)13-30-32/h4-5,8,10-11,13,15,21,29,33H,6-7,9,12H2,1-3H3,(H,31,34,35). The fourth-order valence-electron chi connectivity index (χ4n) is 5.93. The first-order valence-electron chi connectivity index (χ1n) is 11.9. The van der Waals surface area contributed by atoms with E-state index < -0.39 is 11.2 Å². The van der Waals surface area contributed by atoms with E-state index in [1.807, 2.05) is 0 Å². The molecule has 3 aromatic rings. The first kappa shape index (κ1) is 24.9. The zero-order chi connectivity index (χ0) is 25.8. The number of phenols is 1. The third-order valence-electron chi connectivity index (χ3n) is 8.54. The summed E-state index contributed by atoms with van der Waals surface area (Å²) < 4.78 is 6.96. The number of nitrogens with one attached hydrogen (secondary N) is 2. The predicted molar refractivity (Wildman–Crippen MR) is 139 cm³/mol. The minimum Gasteiger partial charge on any atom is -0.508 e. The molecule has 0 spiro atoms. The average Bonchev–Trinajstić information content (AvgIpc) is 3.15. The van der Waals surface area contributed by atoms with Crippen molar-refractivity contribution in [2.75, 3.05) is 0 Å². The van der Waals surface area contributed by atoms with Crippen LogP contribution in [0.1, 0.15) is 45.6 Å². The average molecular weight is 531 g/mol. The topological polar surface area (TPSA) is 109 Å². The summed E-state index contributed by atoms with van der Waals surface area (Å²) in [6, 6.07) is 8.30. The van der Waals surface area contributed by atoms with Gasteiger partial charge in [-0.05, 0) is 66.3 Å². The molecule has 3 N–H and O–H groups in total. The molecule has 2 fully saturated rings. The monoisotopic (exact) mass is 530 g/mol. The molecule has 8 nitrogen and oxygen atoms in total. The lowest BCUT2D eigenvalue weighted by Gasteiger charge is -2.39. The Labute approximate surface area is 218 Å². The summed E-state index contributed by atoms with van der Waals surface area (Å²) >= 11 is 12.9. The van der Waals surface area contributed by atoms with Crippen LogP contribution in [0.5, 0.6) is 17.2 Å². The number of nitrogens with zero attached hydrogens (tertiary/aromatic N) is 2. The van der Waals surface area contributed by atoms with Gasteiger partial charge in [-0.3, -0.25) is 9.78 Å². The summed E-state index contributed by atoms with van der Waals surface area (Å²) in [6.07, 6.45) is 4.62. The number of rotatable bonds is 6. The lowest BCUT2D eigenvalue weighted by Crippen LogP contribution is -2.44. The molecule has 0 saturated heterocycles. The van der Waals surface area contributed by atoms with Crippen molar-refractivity contribution in [2.24, 2.45) is 16.7 Å². The molecule has 1 aromatic heterocycles. The number of aromatic hydroxyl groups is 1. The third kappa shape index (κ3) is 4.11. The molecule has 2 saturated carbocycles. The molecule has 3 atom stereocenters. The summed E-state index contributed by atoms with van der Waals surface area (Å²) in [5.74, 6) is 1.56. The second kappa shape index (κ2) is 8.94. The maximum atomic E-state index is 12.1. The summed E-state index contributed by atoms with van der Waals surface area (Å²) in [6.45, 7) is 7.63. The molecule has 3 unspecified atom stereocenters. The minimum absolute atomic E-state index is 0.155. The van der Waals surface area contributed by atoms with E-state index in [2.05, 4.69) is 36.2 Å². The molecule has 5 rings (SSSR count). The van der Waals surface area contributed by atoms with Crippen molar-refractivity contribution in [1.82, 2.24) is 20.1 Å². The maximum Gasteiger partial charge on any atom is 0.349 e. The highest BCUT2D eigenvalue weighted by Gasteiger charge is 2.60. The molecule has 1 heterocycles. The van der Waals surface area contributed by atoms with Crippen molar-refractivity contribution in [3.8, 4) is 22.9 Å². The van der Waals surface area contributed by atoms with Crippen molar-refractivity contribution < 1.29 is 9.84 Å². The fraction of sp³-hybridized carbons (Fsp3) is 0.423. The number of phenolic OH excluding ortho intramolecular Hbond substituents is 1. The number of H-pyrrole nitrogens is 1. The van der Waals surface area contributed by atoms with E-state index in [1.165, 1.54) is 25.0 Å². The van der Waals surface area contributed by atoms with Crippen LogP contribution in [0.2, 0.25) is 10.0 Å². The van der Waals surface area contributed by atoms with Gasteiger partial charge in [-0.15, -0.1) is 0 Å². The smallest absolute Gasteiger partial charge is 0.349 e. The van der Waals surface area contributed by atoms with Crippen molar-refractivity contribution in [2.45, 2.75) is 52.6 Å². The van der Waals surface area contributed by atoms with E-state index in [-0.39, 0.29) is 32.6 Å². The van der Waals surface area contributed by atoms with Gasteiger partial charge in [-0.2, -0.15) is 9.78 Å². The van der Waals surface area contributed by atoms with Gasteiger partial charge in [0, 0.05) is 18.2 Å². The molecule has 2 bridgehead atoms. The van der Waals surface area contributed by atoms with Gasteiger partial charge in [0.15, 0.2) is 5.75 Å². The molecule has 190 valence electrons. The van der Waals surface area contributed by atoms with Crippen molar-refractivity contribution in [3.63, 3.8) is 0 Å². The Bertz CT molecular complexity index is 1430. The van der Waals surface area contributed by atoms with E-state index in [9.17, 15) is 14.7 Å². The quantitative estimate of drug-likeness (QED) is 0.412. The third-order valence-corrected chi connectivity index (χ3v) is 9.11. The highest BCUT2D eigenvalue weighted by atomic mass is 35.5. The number of aromatic amines is 1. The van der Waals surface area contributed by atoms with Gasteiger partial charge >= 0.3 is 5.69 Å². The number of benzene rings is 2. The van der Waals surface area contributed by atoms with Gasteiger partial charge in [0.2, 0.25) is 0 Å². The molecule has 10 heteroatoms. The van der Waals surface area contributed by atoms with Crippen molar-refractivity contribution >= 4 is 23.2 Å². The van der Waals surface area contributed by atoms with Crippen LogP contribution in [0.15, 0.2) is 46.1 Å². The highest BCUT2D eigenvalue weighted by Crippen LogP contribution is 2.65. The van der Waals surface area contributed by atoms with Gasteiger partial charge in [0.05, 0.1) is 15.7 Å². The van der Waals surface area contributed by atoms with E-state index in [0.717, 1.165) is 23.2 Å². The highest BCUT2D eigenvalue weighted by molar-refractivity contribution is 6.37. The van der Waals surface area contributed by atoms with Gasteiger partial charge in [0.25, 0.3) is 5.56 Å². The SMILES string of the molecule is CC1(C)C2CCC1(C)C(NCc1cc(Oc3c(Cl)cc(-n4ncc(=O)[nH]c4=O)cc3Cl)ccc1O)C2. The number of aromatic nitrogens is 3. The Morgan fingerprint density at radius 1 is 1.19 bits per heavy atom. The predicted octanol–water partition coefficient (Wildman–Crippen LogP) is 5.03. The Kier molecular flexibility index (Phi) is 6.17. The van der Waals surface area contributed by atoms with Crippen molar-refractivity contribution in [3.05, 3.63) is 73.0 Å². The van der Waals surface area contributed by atoms with Gasteiger partial charge in [-0.25, -0.2) is 4.79 Å². The Balaban J connectivity index is 1.35. The fourth-order valence-corrected chi connectivity index (χ4v) is 6.49. The van der Waals surface area contributed by atoms with Crippen LogP contribution in [0.4, 0.5) is 0 Å². The molecule has 0 aliphatic heterocycles. The Hall–Kier alpha value is -2.81.